The minimum atomic E-state index is 0. The van der Waals surface area contributed by atoms with Gasteiger partial charge in [0, 0.05) is 6.07 Å². The zero-order chi connectivity index (χ0) is 7.68. The first kappa shape index (κ1) is 12.0. The molecule has 1 heterocycles. The number of aromatic hydroxyl groups is 1. The number of pyridine rings is 1. The number of hydrogen-bond acceptors (Lipinski definition) is 1. The maximum atomic E-state index is 9.34. The van der Waals surface area contributed by atoms with Crippen molar-refractivity contribution in [2.45, 2.75) is 0 Å². The normalized spacial score (nSPS) is 8.62. The van der Waals surface area contributed by atoms with Gasteiger partial charge in [0.05, 0.1) is 5.39 Å². The van der Waals surface area contributed by atoms with Crippen LogP contribution in [0.1, 0.15) is 0 Å². The molecule has 0 atom stereocenters. The molecular weight excluding hydrogens is 157 g/mol. The number of rotatable bonds is 0. The third-order valence-corrected chi connectivity index (χ3v) is 1.67. The second-order valence-electron chi connectivity index (χ2n) is 2.41. The van der Waals surface area contributed by atoms with Crippen LogP contribution in [0.15, 0.2) is 36.5 Å². The molecule has 2 rings (SSSR count). The molecule has 62 valence electrons. The quantitative estimate of drug-likeness (QED) is 0.389. The SMILES string of the molecule is Oc1cccc2ccc[nH+]c12.[CH3-].[Li+]. The summed E-state index contributed by atoms with van der Waals surface area (Å²) in [5.41, 5.74) is 0.787. The Morgan fingerprint density at radius 2 is 1.77 bits per heavy atom. The second kappa shape index (κ2) is 4.91. The molecule has 0 saturated carbocycles. The van der Waals surface area contributed by atoms with E-state index in [2.05, 4.69) is 4.98 Å². The van der Waals surface area contributed by atoms with Crippen molar-refractivity contribution >= 4 is 10.9 Å². The Balaban J connectivity index is 0.000000720. The largest absolute Gasteiger partial charge is 1.00 e. The first-order valence-electron chi connectivity index (χ1n) is 3.46. The van der Waals surface area contributed by atoms with Crippen molar-refractivity contribution in [3.63, 3.8) is 0 Å². The Morgan fingerprint density at radius 3 is 2.46 bits per heavy atom. The van der Waals surface area contributed by atoms with E-state index in [1.54, 1.807) is 12.3 Å². The van der Waals surface area contributed by atoms with Crippen molar-refractivity contribution in [3.05, 3.63) is 44.0 Å². The Hall–Kier alpha value is -0.973. The standard InChI is InChI=1S/C9H7NO.CH3.Li/c11-8-5-1-3-7-4-2-6-10-9(7)8;;/h1-6,11H;1H3;/q;-1;+1/p+1. The van der Waals surface area contributed by atoms with Gasteiger partial charge in [0.25, 0.3) is 5.52 Å². The summed E-state index contributed by atoms with van der Waals surface area (Å²) >= 11 is 0. The molecule has 1 aromatic carbocycles. The van der Waals surface area contributed by atoms with Crippen molar-refractivity contribution < 1.29 is 29.0 Å². The molecule has 0 spiro atoms. The number of nitrogens with one attached hydrogen (secondary N) is 1. The molecule has 0 bridgehead atoms. The molecule has 0 aliphatic rings. The summed E-state index contributed by atoms with van der Waals surface area (Å²) < 4.78 is 0. The molecule has 0 radical (unpaired) electrons. The van der Waals surface area contributed by atoms with E-state index < -0.39 is 0 Å². The van der Waals surface area contributed by atoms with Crippen molar-refractivity contribution in [2.24, 2.45) is 0 Å². The summed E-state index contributed by atoms with van der Waals surface area (Å²) in [5.74, 6) is 0.295. The van der Waals surface area contributed by atoms with Crippen LogP contribution in [0.3, 0.4) is 0 Å². The zero-order valence-electron chi connectivity index (χ0n) is 7.91. The van der Waals surface area contributed by atoms with Gasteiger partial charge in [0.1, 0.15) is 0 Å². The van der Waals surface area contributed by atoms with Crippen LogP contribution in [-0.4, -0.2) is 5.11 Å². The van der Waals surface area contributed by atoms with Gasteiger partial charge in [-0.15, -0.1) is 0 Å². The number of phenolic OH excluding ortho intramolecular Hbond substituents is 1. The van der Waals surface area contributed by atoms with Gasteiger partial charge in [-0.3, -0.25) is 0 Å². The molecule has 0 aliphatic carbocycles. The minimum Gasteiger partial charge on any atom is -0.502 e. The summed E-state index contributed by atoms with van der Waals surface area (Å²) in [6.07, 6.45) is 1.79. The van der Waals surface area contributed by atoms with Crippen molar-refractivity contribution in [3.8, 4) is 5.75 Å². The van der Waals surface area contributed by atoms with Crippen molar-refractivity contribution in [1.29, 1.82) is 0 Å². The molecule has 0 saturated heterocycles. The molecule has 0 amide bonds. The van der Waals surface area contributed by atoms with Gasteiger partial charge in [0.15, 0.2) is 11.9 Å². The fraction of sp³-hybridized carbons (Fsp3) is 0. The van der Waals surface area contributed by atoms with Crippen LogP contribution in [0.25, 0.3) is 10.9 Å². The van der Waals surface area contributed by atoms with Crippen LogP contribution in [0.5, 0.6) is 5.75 Å². The van der Waals surface area contributed by atoms with Crippen LogP contribution >= 0.6 is 0 Å². The second-order valence-corrected chi connectivity index (χ2v) is 2.41. The third kappa shape index (κ3) is 2.24. The predicted molar refractivity (Wildman–Crippen MR) is 48.6 cm³/mol. The third-order valence-electron chi connectivity index (χ3n) is 1.67. The number of hydrogen-bond donors (Lipinski definition) is 1. The number of H-pyrrole nitrogens is 1. The van der Waals surface area contributed by atoms with E-state index in [-0.39, 0.29) is 26.3 Å². The van der Waals surface area contributed by atoms with E-state index >= 15 is 0 Å². The molecule has 2 N–H and O–H groups in total. The molecule has 0 unspecified atom stereocenters. The minimum absolute atomic E-state index is 0. The van der Waals surface area contributed by atoms with Crippen LogP contribution < -0.4 is 23.8 Å². The van der Waals surface area contributed by atoms with Crippen molar-refractivity contribution in [2.75, 3.05) is 0 Å². The van der Waals surface area contributed by atoms with Crippen LogP contribution in [-0.2, 0) is 0 Å². The van der Waals surface area contributed by atoms with Gasteiger partial charge in [-0.1, -0.05) is 6.07 Å². The molecule has 0 aliphatic heterocycles. The maximum absolute atomic E-state index is 9.34. The van der Waals surface area contributed by atoms with E-state index in [0.29, 0.717) is 5.75 Å². The van der Waals surface area contributed by atoms with Gasteiger partial charge >= 0.3 is 18.9 Å². The van der Waals surface area contributed by atoms with Gasteiger partial charge in [-0.25, -0.2) is 4.98 Å². The van der Waals surface area contributed by atoms with Gasteiger partial charge in [-0.05, 0) is 18.2 Å². The Morgan fingerprint density at radius 1 is 1.08 bits per heavy atom. The summed E-state index contributed by atoms with van der Waals surface area (Å²) in [4.78, 5) is 2.97. The molecule has 3 heteroatoms. The summed E-state index contributed by atoms with van der Waals surface area (Å²) in [5, 5.41) is 10.4. The fourth-order valence-electron chi connectivity index (χ4n) is 1.14. The van der Waals surface area contributed by atoms with Gasteiger partial charge in [0.2, 0.25) is 0 Å². The number of para-hydroxylation sites is 1. The Labute approximate surface area is 89.8 Å². The fourth-order valence-corrected chi connectivity index (χ4v) is 1.14. The van der Waals surface area contributed by atoms with E-state index in [9.17, 15) is 5.11 Å². The van der Waals surface area contributed by atoms with E-state index in [1.165, 1.54) is 0 Å². The van der Waals surface area contributed by atoms with E-state index in [4.69, 9.17) is 0 Å². The van der Waals surface area contributed by atoms with E-state index in [1.807, 2.05) is 24.3 Å². The number of phenols is 1. The number of fused-ring (bicyclic) bond motifs is 1. The van der Waals surface area contributed by atoms with Crippen LogP contribution in [0.4, 0.5) is 0 Å². The molecule has 1 aromatic heterocycles. The number of aromatic nitrogens is 1. The smallest absolute Gasteiger partial charge is 0.502 e. The number of benzene rings is 1. The molecule has 0 fully saturated rings. The molecule has 2 aromatic rings. The Kier molecular flexibility index (Phi) is 4.54. The number of aromatic amines is 1. The summed E-state index contributed by atoms with van der Waals surface area (Å²) in [7, 11) is 0. The summed E-state index contributed by atoms with van der Waals surface area (Å²) in [6.45, 7) is 0. The monoisotopic (exact) mass is 168 g/mol. The molecule has 2 nitrogen and oxygen atoms in total. The average molecular weight is 168 g/mol. The average Bonchev–Trinajstić information content (AvgIpc) is 2.06. The topological polar surface area (TPSA) is 34.4 Å². The van der Waals surface area contributed by atoms with Crippen molar-refractivity contribution in [1.82, 2.24) is 0 Å². The Bertz CT molecular complexity index is 384. The van der Waals surface area contributed by atoms with Gasteiger partial charge in [-0.2, -0.15) is 0 Å². The molecular formula is C10H11LiNO+. The predicted octanol–water partition coefficient (Wildman–Crippen LogP) is -1.19. The maximum Gasteiger partial charge on any atom is 1.00 e. The first-order chi connectivity index (χ1) is 5.38. The zero-order valence-corrected chi connectivity index (χ0v) is 7.91. The first-order valence-corrected chi connectivity index (χ1v) is 3.46. The van der Waals surface area contributed by atoms with Crippen LogP contribution in [0, 0.1) is 7.43 Å². The van der Waals surface area contributed by atoms with Gasteiger partial charge < -0.3 is 12.5 Å². The van der Waals surface area contributed by atoms with E-state index in [0.717, 1.165) is 10.9 Å². The summed E-state index contributed by atoms with van der Waals surface area (Å²) in [6, 6.07) is 9.29. The van der Waals surface area contributed by atoms with Crippen LogP contribution in [0.2, 0.25) is 0 Å². The molecule has 13 heavy (non-hydrogen) atoms.